The first-order valence-electron chi connectivity index (χ1n) is 10.2. The van der Waals surface area contributed by atoms with Crippen molar-refractivity contribution in [1.29, 1.82) is 0 Å². The number of nitrogens with two attached hydrogens (primary N) is 1. The van der Waals surface area contributed by atoms with Crippen molar-refractivity contribution >= 4 is 22.6 Å². The smallest absolute Gasteiger partial charge is 0.355 e. The van der Waals surface area contributed by atoms with Crippen LogP contribution < -0.4 is 25.5 Å². The number of ether oxygens (including phenoxy) is 4. The highest BCUT2D eigenvalue weighted by atomic mass is 16.5. The van der Waals surface area contributed by atoms with Gasteiger partial charge in [-0.2, -0.15) is 0 Å². The summed E-state index contributed by atoms with van der Waals surface area (Å²) in [5.41, 5.74) is 7.47. The Balaban J connectivity index is 2.22. The number of nitrogen functional groups attached to an aromatic ring is 1. The van der Waals surface area contributed by atoms with E-state index in [0.717, 1.165) is 0 Å². The van der Waals surface area contributed by atoms with Crippen molar-refractivity contribution in [3.63, 3.8) is 0 Å². The zero-order chi connectivity index (χ0) is 24.4. The number of benzene rings is 2. The van der Waals surface area contributed by atoms with Crippen molar-refractivity contribution < 1.29 is 23.7 Å². The number of esters is 1. The molecule has 9 nitrogen and oxygen atoms in total. The van der Waals surface area contributed by atoms with Gasteiger partial charge in [-0.15, -0.1) is 0 Å². The zero-order valence-corrected chi connectivity index (χ0v) is 19.1. The van der Waals surface area contributed by atoms with Crippen LogP contribution in [-0.2, 0) is 4.74 Å². The molecule has 0 bridgehead atoms. The second-order valence-corrected chi connectivity index (χ2v) is 7.26. The van der Waals surface area contributed by atoms with Crippen LogP contribution in [0.4, 0.5) is 5.69 Å². The van der Waals surface area contributed by atoms with Gasteiger partial charge in [0.15, 0.2) is 11.5 Å². The number of aromatic nitrogens is 2. The fraction of sp³-hybridized carbons (Fsp3) is 0.160. The van der Waals surface area contributed by atoms with Gasteiger partial charge in [0.25, 0.3) is 5.56 Å². The fourth-order valence-corrected chi connectivity index (χ4v) is 3.90. The molecule has 174 valence electrons. The lowest BCUT2D eigenvalue weighted by Gasteiger charge is -2.20. The lowest BCUT2D eigenvalue weighted by molar-refractivity contribution is 0.0591. The van der Waals surface area contributed by atoms with Gasteiger partial charge in [-0.25, -0.2) is 4.79 Å². The highest BCUT2D eigenvalue weighted by Crippen LogP contribution is 2.43. The van der Waals surface area contributed by atoms with E-state index in [0.29, 0.717) is 45.1 Å². The number of anilines is 1. The van der Waals surface area contributed by atoms with E-state index in [1.807, 2.05) is 0 Å². The maximum atomic E-state index is 13.6. The van der Waals surface area contributed by atoms with Crippen LogP contribution in [0.5, 0.6) is 17.2 Å². The topological polar surface area (TPSA) is 115 Å². The minimum atomic E-state index is -0.705. The number of pyridine rings is 2. The normalized spacial score (nSPS) is 10.7. The minimum Gasteiger partial charge on any atom is -0.493 e. The molecule has 0 fully saturated rings. The van der Waals surface area contributed by atoms with Crippen LogP contribution in [0.25, 0.3) is 27.7 Å². The molecule has 2 aromatic heterocycles. The van der Waals surface area contributed by atoms with E-state index in [-0.39, 0.29) is 11.2 Å². The monoisotopic (exact) mass is 461 g/mol. The van der Waals surface area contributed by atoms with Gasteiger partial charge in [-0.3, -0.25) is 14.3 Å². The van der Waals surface area contributed by atoms with Crippen LogP contribution in [0.2, 0.25) is 0 Å². The summed E-state index contributed by atoms with van der Waals surface area (Å²) in [5.74, 6) is 0.455. The maximum absolute atomic E-state index is 13.6. The molecule has 2 heterocycles. The van der Waals surface area contributed by atoms with Crippen molar-refractivity contribution in [1.82, 2.24) is 9.55 Å². The van der Waals surface area contributed by atoms with Gasteiger partial charge in [-0.05, 0) is 48.0 Å². The van der Waals surface area contributed by atoms with Gasteiger partial charge < -0.3 is 24.7 Å². The van der Waals surface area contributed by atoms with E-state index in [9.17, 15) is 9.59 Å². The molecule has 34 heavy (non-hydrogen) atoms. The summed E-state index contributed by atoms with van der Waals surface area (Å²) in [7, 11) is 5.75. The van der Waals surface area contributed by atoms with E-state index in [1.54, 1.807) is 48.5 Å². The summed E-state index contributed by atoms with van der Waals surface area (Å²) >= 11 is 0. The molecule has 0 radical (unpaired) electrons. The Labute approximate surface area is 195 Å². The molecule has 0 spiro atoms. The Hall–Kier alpha value is -4.53. The molecule has 2 aromatic carbocycles. The first-order chi connectivity index (χ1) is 16.4. The van der Waals surface area contributed by atoms with E-state index < -0.39 is 11.5 Å². The van der Waals surface area contributed by atoms with Gasteiger partial charge in [-0.1, -0.05) is 6.07 Å². The molecule has 0 aliphatic carbocycles. The van der Waals surface area contributed by atoms with Crippen LogP contribution in [0.1, 0.15) is 10.5 Å². The number of methoxy groups -OCH3 is 4. The predicted molar refractivity (Wildman–Crippen MR) is 128 cm³/mol. The molecule has 9 heteroatoms. The van der Waals surface area contributed by atoms with Crippen molar-refractivity contribution in [2.75, 3.05) is 34.2 Å². The SMILES string of the molecule is COC(=O)c1c(-c2cc(OC)c(OC)c(OC)c2)c2cccnc2c(=O)n1-c1ccc(N)cc1. The van der Waals surface area contributed by atoms with E-state index in [2.05, 4.69) is 4.98 Å². The third kappa shape index (κ3) is 3.66. The van der Waals surface area contributed by atoms with E-state index >= 15 is 0 Å². The summed E-state index contributed by atoms with van der Waals surface area (Å²) in [6, 6.07) is 13.4. The Morgan fingerprint density at radius 3 is 2.15 bits per heavy atom. The molecule has 2 N–H and O–H groups in total. The third-order valence-electron chi connectivity index (χ3n) is 5.43. The number of hydrogen-bond donors (Lipinski definition) is 1. The van der Waals surface area contributed by atoms with Gasteiger partial charge in [0.1, 0.15) is 11.2 Å². The number of rotatable bonds is 6. The molecule has 0 aliphatic rings. The fourth-order valence-electron chi connectivity index (χ4n) is 3.90. The zero-order valence-electron chi connectivity index (χ0n) is 19.1. The Morgan fingerprint density at radius 2 is 1.59 bits per heavy atom. The van der Waals surface area contributed by atoms with Gasteiger partial charge >= 0.3 is 5.97 Å². The average Bonchev–Trinajstić information content (AvgIpc) is 2.87. The highest BCUT2D eigenvalue weighted by Gasteiger charge is 2.27. The number of carbonyl (C=O) groups is 1. The Morgan fingerprint density at radius 1 is 0.941 bits per heavy atom. The maximum Gasteiger partial charge on any atom is 0.355 e. The molecule has 4 aromatic rings. The summed E-state index contributed by atoms with van der Waals surface area (Å²) in [6.45, 7) is 0. The molecule has 0 saturated heterocycles. The van der Waals surface area contributed by atoms with Crippen molar-refractivity contribution in [2.24, 2.45) is 0 Å². The van der Waals surface area contributed by atoms with Crippen LogP contribution >= 0.6 is 0 Å². The molecule has 0 saturated carbocycles. The van der Waals surface area contributed by atoms with Gasteiger partial charge in [0.2, 0.25) is 5.75 Å². The summed E-state index contributed by atoms with van der Waals surface area (Å²) in [5, 5.41) is 0.467. The Bertz CT molecular complexity index is 1420. The molecule has 0 aliphatic heterocycles. The highest BCUT2D eigenvalue weighted by molar-refractivity contribution is 6.06. The Kier molecular flexibility index (Phi) is 6.09. The number of fused-ring (bicyclic) bond motifs is 1. The minimum absolute atomic E-state index is 0.0204. The molecule has 0 atom stereocenters. The summed E-state index contributed by atoms with van der Waals surface area (Å²) < 4.78 is 22.9. The van der Waals surface area contributed by atoms with Gasteiger partial charge in [0.05, 0.1) is 28.4 Å². The predicted octanol–water partition coefficient (Wildman–Crippen LogP) is 3.45. The second kappa shape index (κ2) is 9.14. The number of hydrogen-bond acceptors (Lipinski definition) is 8. The molecule has 0 amide bonds. The molecular weight excluding hydrogens is 438 g/mol. The summed E-state index contributed by atoms with van der Waals surface area (Å²) in [6.07, 6.45) is 1.52. The molecule has 0 unspecified atom stereocenters. The largest absolute Gasteiger partial charge is 0.493 e. The number of carbonyl (C=O) groups excluding carboxylic acids is 1. The van der Waals surface area contributed by atoms with Crippen LogP contribution in [0.3, 0.4) is 0 Å². The summed E-state index contributed by atoms with van der Waals surface area (Å²) in [4.78, 5) is 31.1. The van der Waals surface area contributed by atoms with Crippen LogP contribution in [-0.4, -0.2) is 44.0 Å². The standard InChI is InChI=1S/C25H23N3O6/c1-31-18-12-14(13-19(32-2)23(18)33-3)20-17-6-5-11-27-21(17)24(29)28(22(20)25(30)34-4)16-9-7-15(26)8-10-16/h5-13H,26H2,1-4H3. The number of nitrogens with zero attached hydrogens (tertiary/aromatic N) is 2. The van der Waals surface area contributed by atoms with Crippen LogP contribution in [0, 0.1) is 0 Å². The quantitative estimate of drug-likeness (QED) is 0.343. The van der Waals surface area contributed by atoms with Crippen LogP contribution in [0.15, 0.2) is 59.5 Å². The second-order valence-electron chi connectivity index (χ2n) is 7.26. The first-order valence-corrected chi connectivity index (χ1v) is 10.2. The molecule has 4 rings (SSSR count). The van der Waals surface area contributed by atoms with E-state index in [1.165, 1.54) is 39.2 Å². The average molecular weight is 461 g/mol. The lowest BCUT2D eigenvalue weighted by Crippen LogP contribution is -2.27. The van der Waals surface area contributed by atoms with Crippen molar-refractivity contribution in [2.45, 2.75) is 0 Å². The molecular formula is C25H23N3O6. The van der Waals surface area contributed by atoms with Gasteiger partial charge in [0, 0.05) is 28.5 Å². The third-order valence-corrected chi connectivity index (χ3v) is 5.43. The van der Waals surface area contributed by atoms with Crippen molar-refractivity contribution in [3.8, 4) is 34.1 Å². The lowest BCUT2D eigenvalue weighted by atomic mass is 9.97. The first kappa shape index (κ1) is 22.7. The van der Waals surface area contributed by atoms with Crippen molar-refractivity contribution in [3.05, 3.63) is 70.8 Å². The van der Waals surface area contributed by atoms with E-state index in [4.69, 9.17) is 24.7 Å².